The van der Waals surface area contributed by atoms with Crippen molar-refractivity contribution in [1.82, 2.24) is 5.32 Å². The number of alkyl halides is 1. The van der Waals surface area contributed by atoms with E-state index in [4.69, 9.17) is 14.4 Å². The molecule has 4 atom stereocenters. The van der Waals surface area contributed by atoms with Gasteiger partial charge in [0.05, 0.1) is 5.92 Å². The van der Waals surface area contributed by atoms with Gasteiger partial charge in [-0.15, -0.1) is 0 Å². The molecule has 9 heteroatoms. The molecule has 168 valence electrons. The molecule has 0 saturated heterocycles. The zero-order valence-electron chi connectivity index (χ0n) is 17.1. The number of carbonyl (C=O) groups excluding carboxylic acids is 2. The summed E-state index contributed by atoms with van der Waals surface area (Å²) < 4.78 is 35.0. The standard InChI is InChI=1S/C20H35FNO6P/c21-18(10-9-15-5-4-6-16(13-15)14-29(25)26)22-20(24)28-12-11-27-19(23)17-7-2-1-3-8-17/h15-18,29H,1-14H2,(H,22,24)(H,25,26). The molecule has 0 bridgehead atoms. The van der Waals surface area contributed by atoms with Gasteiger partial charge in [0.15, 0.2) is 14.3 Å². The fourth-order valence-corrected chi connectivity index (χ4v) is 5.32. The number of hydrogen-bond acceptors (Lipinski definition) is 5. The predicted octanol–water partition coefficient (Wildman–Crippen LogP) is 4.19. The van der Waals surface area contributed by atoms with Gasteiger partial charge in [0.1, 0.15) is 13.2 Å². The van der Waals surface area contributed by atoms with Gasteiger partial charge in [0.2, 0.25) is 0 Å². The van der Waals surface area contributed by atoms with Crippen LogP contribution in [-0.2, 0) is 18.8 Å². The van der Waals surface area contributed by atoms with Gasteiger partial charge < -0.3 is 14.4 Å². The molecule has 0 heterocycles. The quantitative estimate of drug-likeness (QED) is 0.231. The molecule has 2 aliphatic carbocycles. The summed E-state index contributed by atoms with van der Waals surface area (Å²) in [5.74, 6) is 0.280. The minimum atomic E-state index is -2.45. The first-order valence-corrected chi connectivity index (χ1v) is 12.5. The topological polar surface area (TPSA) is 102 Å². The van der Waals surface area contributed by atoms with Crippen LogP contribution in [0.15, 0.2) is 0 Å². The highest BCUT2D eigenvalue weighted by atomic mass is 31.1. The van der Waals surface area contributed by atoms with Gasteiger partial charge in [0, 0.05) is 6.16 Å². The Morgan fingerprint density at radius 2 is 1.72 bits per heavy atom. The van der Waals surface area contributed by atoms with E-state index in [2.05, 4.69) is 5.32 Å². The third-order valence-corrected chi connectivity index (χ3v) is 6.88. The summed E-state index contributed by atoms with van der Waals surface area (Å²) in [5.41, 5.74) is 0. The lowest BCUT2D eigenvalue weighted by Crippen LogP contribution is -2.33. The summed E-state index contributed by atoms with van der Waals surface area (Å²) in [6.07, 6.45) is 7.57. The molecule has 2 aliphatic rings. The van der Waals surface area contributed by atoms with Crippen molar-refractivity contribution in [3.05, 3.63) is 0 Å². The third kappa shape index (κ3) is 9.94. The van der Waals surface area contributed by atoms with Crippen LogP contribution in [0, 0.1) is 17.8 Å². The van der Waals surface area contributed by atoms with Gasteiger partial charge in [-0.3, -0.25) is 14.7 Å². The number of nitrogens with one attached hydrogen (secondary N) is 1. The van der Waals surface area contributed by atoms with Crippen LogP contribution in [0.1, 0.15) is 70.6 Å². The van der Waals surface area contributed by atoms with Crippen molar-refractivity contribution >= 4 is 20.1 Å². The summed E-state index contributed by atoms with van der Waals surface area (Å²) in [6.45, 7) is -0.112. The minimum Gasteiger partial charge on any atom is -0.462 e. The second-order valence-corrected chi connectivity index (χ2v) is 9.52. The number of ether oxygens (including phenoxy) is 2. The molecule has 2 N–H and O–H groups in total. The average molecular weight is 435 g/mol. The van der Waals surface area contributed by atoms with Gasteiger partial charge in [0.25, 0.3) is 0 Å². The van der Waals surface area contributed by atoms with Crippen molar-refractivity contribution in [3.63, 3.8) is 0 Å². The third-order valence-electron chi connectivity index (χ3n) is 5.96. The summed E-state index contributed by atoms with van der Waals surface area (Å²) in [7, 11) is -2.45. The summed E-state index contributed by atoms with van der Waals surface area (Å²) in [5, 5.41) is 2.16. The summed E-state index contributed by atoms with van der Waals surface area (Å²) in [4.78, 5) is 32.6. The molecular weight excluding hydrogens is 400 g/mol. The highest BCUT2D eigenvalue weighted by Crippen LogP contribution is 2.36. The molecule has 0 aromatic rings. The van der Waals surface area contributed by atoms with Crippen LogP contribution in [0.4, 0.5) is 9.18 Å². The van der Waals surface area contributed by atoms with E-state index < -0.39 is 20.4 Å². The Morgan fingerprint density at radius 3 is 2.45 bits per heavy atom. The van der Waals surface area contributed by atoms with Crippen molar-refractivity contribution in [3.8, 4) is 0 Å². The first-order valence-electron chi connectivity index (χ1n) is 10.9. The Balaban J connectivity index is 1.53. The second kappa shape index (κ2) is 13.2. The Hall–Kier alpha value is -1.14. The molecule has 0 aliphatic heterocycles. The first kappa shape index (κ1) is 24.1. The highest BCUT2D eigenvalue weighted by Gasteiger charge is 2.25. The number of amides is 1. The smallest absolute Gasteiger partial charge is 0.409 e. The number of alkyl carbamates (subject to hydrolysis) is 1. The van der Waals surface area contributed by atoms with Crippen LogP contribution in [0.25, 0.3) is 0 Å². The lowest BCUT2D eigenvalue weighted by molar-refractivity contribution is -0.150. The summed E-state index contributed by atoms with van der Waals surface area (Å²) in [6, 6.07) is 0. The van der Waals surface area contributed by atoms with E-state index in [0.717, 1.165) is 57.8 Å². The normalized spacial score (nSPS) is 25.0. The maximum Gasteiger partial charge on any atom is 0.409 e. The van der Waals surface area contributed by atoms with Gasteiger partial charge in [-0.1, -0.05) is 32.1 Å². The van der Waals surface area contributed by atoms with E-state index in [0.29, 0.717) is 18.5 Å². The molecule has 4 unspecified atom stereocenters. The zero-order chi connectivity index (χ0) is 21.1. The summed E-state index contributed by atoms with van der Waals surface area (Å²) >= 11 is 0. The predicted molar refractivity (Wildman–Crippen MR) is 108 cm³/mol. The van der Waals surface area contributed by atoms with E-state index in [1.807, 2.05) is 0 Å². The maximum atomic E-state index is 14.0. The number of esters is 1. The van der Waals surface area contributed by atoms with E-state index in [-0.39, 0.29) is 37.4 Å². The van der Waals surface area contributed by atoms with Crippen LogP contribution in [-0.4, -0.2) is 42.6 Å². The van der Waals surface area contributed by atoms with E-state index in [1.54, 1.807) is 0 Å². The number of carbonyl (C=O) groups is 2. The Morgan fingerprint density at radius 1 is 1.03 bits per heavy atom. The molecule has 0 spiro atoms. The van der Waals surface area contributed by atoms with Crippen LogP contribution < -0.4 is 5.32 Å². The Kier molecular flexibility index (Phi) is 11.0. The molecule has 7 nitrogen and oxygen atoms in total. The van der Waals surface area contributed by atoms with E-state index in [1.165, 1.54) is 0 Å². The van der Waals surface area contributed by atoms with Crippen molar-refractivity contribution in [1.29, 1.82) is 0 Å². The molecule has 2 fully saturated rings. The van der Waals surface area contributed by atoms with Crippen molar-refractivity contribution in [2.45, 2.75) is 76.9 Å². The van der Waals surface area contributed by atoms with Crippen LogP contribution in [0.3, 0.4) is 0 Å². The Labute approximate surface area is 173 Å². The lowest BCUT2D eigenvalue weighted by Gasteiger charge is -2.28. The molecule has 2 rings (SSSR count). The Bertz CT molecular complexity index is 543. The lowest BCUT2D eigenvalue weighted by atomic mass is 9.80. The second-order valence-electron chi connectivity index (χ2n) is 8.32. The van der Waals surface area contributed by atoms with E-state index in [9.17, 15) is 18.5 Å². The molecule has 0 radical (unpaired) electrons. The molecular formula is C20H35FNO6P. The van der Waals surface area contributed by atoms with Crippen LogP contribution in [0.5, 0.6) is 0 Å². The number of hydrogen-bond donors (Lipinski definition) is 2. The fourth-order valence-electron chi connectivity index (χ4n) is 4.45. The molecule has 0 aromatic carbocycles. The van der Waals surface area contributed by atoms with Gasteiger partial charge in [-0.05, 0) is 50.4 Å². The average Bonchev–Trinajstić information content (AvgIpc) is 2.70. The largest absolute Gasteiger partial charge is 0.462 e. The molecule has 2 saturated carbocycles. The molecule has 0 aromatic heterocycles. The van der Waals surface area contributed by atoms with Crippen molar-refractivity contribution < 1.29 is 32.9 Å². The van der Waals surface area contributed by atoms with E-state index >= 15 is 0 Å². The van der Waals surface area contributed by atoms with Gasteiger partial charge in [-0.25, -0.2) is 9.18 Å². The molecule has 1 amide bonds. The SMILES string of the molecule is O=C(NC(F)CCC1CCCC(C[PH](=O)O)C1)OCCOC(=O)C1CCCCC1. The minimum absolute atomic E-state index is 0.0167. The number of rotatable bonds is 10. The number of halogens is 1. The van der Waals surface area contributed by atoms with Crippen LogP contribution in [0.2, 0.25) is 0 Å². The molecule has 29 heavy (non-hydrogen) atoms. The van der Waals surface area contributed by atoms with Crippen molar-refractivity contribution in [2.75, 3.05) is 19.4 Å². The first-order chi connectivity index (χ1) is 13.9. The highest BCUT2D eigenvalue weighted by molar-refractivity contribution is 7.38. The fraction of sp³-hybridized carbons (Fsp3) is 0.900. The van der Waals surface area contributed by atoms with Gasteiger partial charge in [-0.2, -0.15) is 0 Å². The maximum absolute atomic E-state index is 14.0. The van der Waals surface area contributed by atoms with Crippen molar-refractivity contribution in [2.24, 2.45) is 17.8 Å². The van der Waals surface area contributed by atoms with Crippen LogP contribution >= 0.6 is 8.03 Å². The monoisotopic (exact) mass is 435 g/mol. The zero-order valence-corrected chi connectivity index (χ0v) is 18.1. The van der Waals surface area contributed by atoms with Gasteiger partial charge >= 0.3 is 12.1 Å².